The quantitative estimate of drug-likeness (QED) is 0.592. The molecule has 3 aliphatic rings. The number of esters is 1. The molecular formula is C25H38N4O4S. The van der Waals surface area contributed by atoms with Gasteiger partial charge < -0.3 is 15.0 Å². The summed E-state index contributed by atoms with van der Waals surface area (Å²) in [5.74, 6) is 0.378. The highest BCUT2D eigenvalue weighted by molar-refractivity contribution is 7.17. The van der Waals surface area contributed by atoms with E-state index in [4.69, 9.17) is 4.74 Å². The van der Waals surface area contributed by atoms with Crippen LogP contribution in [0.15, 0.2) is 0 Å². The van der Waals surface area contributed by atoms with Gasteiger partial charge in [-0.05, 0) is 56.9 Å². The number of hydrogen-bond donors (Lipinski definition) is 1. The Morgan fingerprint density at radius 1 is 1.00 bits per heavy atom. The molecule has 2 saturated heterocycles. The van der Waals surface area contributed by atoms with Gasteiger partial charge in [-0.2, -0.15) is 0 Å². The minimum Gasteiger partial charge on any atom is -0.462 e. The fourth-order valence-electron chi connectivity index (χ4n) is 5.17. The summed E-state index contributed by atoms with van der Waals surface area (Å²) >= 11 is 1.53. The highest BCUT2D eigenvalue weighted by Crippen LogP contribution is 2.40. The van der Waals surface area contributed by atoms with Crippen LogP contribution in [-0.2, 0) is 27.2 Å². The zero-order chi connectivity index (χ0) is 24.1. The van der Waals surface area contributed by atoms with Gasteiger partial charge in [0, 0.05) is 44.1 Å². The molecule has 0 bridgehead atoms. The van der Waals surface area contributed by atoms with Crippen molar-refractivity contribution < 1.29 is 19.1 Å². The number of fused-ring (bicyclic) bond motifs is 1. The lowest BCUT2D eigenvalue weighted by molar-refractivity contribution is -0.134. The van der Waals surface area contributed by atoms with Gasteiger partial charge in [0.15, 0.2) is 0 Å². The van der Waals surface area contributed by atoms with Crippen LogP contribution in [0.2, 0.25) is 0 Å². The monoisotopic (exact) mass is 490 g/mol. The number of nitrogens with one attached hydrogen (secondary N) is 1. The first kappa shape index (κ1) is 25.1. The van der Waals surface area contributed by atoms with Gasteiger partial charge in [-0.15, -0.1) is 11.3 Å². The third kappa shape index (κ3) is 6.17. The summed E-state index contributed by atoms with van der Waals surface area (Å²) < 4.78 is 5.31. The van der Waals surface area contributed by atoms with Gasteiger partial charge in [0.25, 0.3) is 0 Å². The van der Waals surface area contributed by atoms with Crippen molar-refractivity contribution >= 4 is 34.1 Å². The van der Waals surface area contributed by atoms with Crippen molar-refractivity contribution in [2.24, 2.45) is 5.92 Å². The summed E-state index contributed by atoms with van der Waals surface area (Å²) in [4.78, 5) is 45.6. The predicted molar refractivity (Wildman–Crippen MR) is 133 cm³/mol. The zero-order valence-corrected chi connectivity index (χ0v) is 21.4. The second-order valence-electron chi connectivity index (χ2n) is 9.82. The second kappa shape index (κ2) is 11.6. The molecule has 4 rings (SSSR count). The number of piperidine rings is 1. The van der Waals surface area contributed by atoms with Crippen LogP contribution < -0.4 is 5.32 Å². The molecule has 0 radical (unpaired) electrons. The highest BCUT2D eigenvalue weighted by Gasteiger charge is 2.30. The van der Waals surface area contributed by atoms with Crippen LogP contribution in [0.4, 0.5) is 5.00 Å². The number of hydrogen-bond acceptors (Lipinski definition) is 7. The summed E-state index contributed by atoms with van der Waals surface area (Å²) in [6.45, 7) is 9.96. The minimum atomic E-state index is -0.336. The molecule has 2 fully saturated rings. The lowest BCUT2D eigenvalue weighted by Crippen LogP contribution is -2.51. The van der Waals surface area contributed by atoms with Gasteiger partial charge in [-0.25, -0.2) is 4.79 Å². The molecule has 1 N–H and O–H groups in total. The van der Waals surface area contributed by atoms with Crippen molar-refractivity contribution in [1.82, 2.24) is 14.7 Å². The number of thiophene rings is 1. The summed E-state index contributed by atoms with van der Waals surface area (Å²) in [7, 11) is 0. The van der Waals surface area contributed by atoms with E-state index in [0.717, 1.165) is 76.9 Å². The molecule has 0 unspecified atom stereocenters. The van der Waals surface area contributed by atoms with E-state index in [2.05, 4.69) is 22.0 Å². The van der Waals surface area contributed by atoms with E-state index in [9.17, 15) is 14.4 Å². The Morgan fingerprint density at radius 2 is 1.68 bits per heavy atom. The number of amides is 2. The molecule has 2 amide bonds. The summed E-state index contributed by atoms with van der Waals surface area (Å²) in [5.41, 5.74) is 1.62. The maximum atomic E-state index is 12.9. The molecule has 0 saturated carbocycles. The smallest absolute Gasteiger partial charge is 0.341 e. The summed E-state index contributed by atoms with van der Waals surface area (Å²) in [5, 5.41) is 3.65. The van der Waals surface area contributed by atoms with Crippen molar-refractivity contribution in [2.75, 3.05) is 64.3 Å². The first-order chi connectivity index (χ1) is 16.4. The van der Waals surface area contributed by atoms with Crippen LogP contribution >= 0.6 is 11.3 Å². The van der Waals surface area contributed by atoms with Crippen molar-refractivity contribution in [3.8, 4) is 0 Å². The molecule has 1 atom stereocenters. The fourth-order valence-corrected chi connectivity index (χ4v) is 6.58. The number of nitrogens with zero attached hydrogens (tertiary/aromatic N) is 3. The number of ether oxygens (including phenoxy) is 1. The number of carbonyl (C=O) groups excluding carboxylic acids is 3. The first-order valence-corrected chi connectivity index (χ1v) is 13.6. The Bertz CT molecular complexity index is 888. The van der Waals surface area contributed by atoms with Gasteiger partial charge in [0.1, 0.15) is 5.00 Å². The van der Waals surface area contributed by atoms with E-state index in [1.807, 2.05) is 4.90 Å². The maximum absolute atomic E-state index is 12.9. The summed E-state index contributed by atoms with van der Waals surface area (Å²) in [6.07, 6.45) is 6.29. The van der Waals surface area contributed by atoms with E-state index >= 15 is 0 Å². The Morgan fingerprint density at radius 3 is 2.35 bits per heavy atom. The number of rotatable bonds is 7. The lowest BCUT2D eigenvalue weighted by atomic mass is 9.88. The SMILES string of the molecule is CCOC(=O)c1c(NC(=O)CN2CCN(CC(=O)N3CCCCC3)CC2)sc2c1CC[C@H](C)C2. The molecule has 3 heterocycles. The van der Waals surface area contributed by atoms with Crippen LogP contribution in [0.5, 0.6) is 0 Å². The van der Waals surface area contributed by atoms with Gasteiger partial charge in [0.2, 0.25) is 11.8 Å². The Kier molecular flexibility index (Phi) is 8.60. The van der Waals surface area contributed by atoms with E-state index in [0.29, 0.717) is 29.6 Å². The van der Waals surface area contributed by atoms with E-state index in [1.54, 1.807) is 6.92 Å². The van der Waals surface area contributed by atoms with E-state index < -0.39 is 0 Å². The fraction of sp³-hybridized carbons (Fsp3) is 0.720. The average Bonchev–Trinajstić information content (AvgIpc) is 3.17. The third-order valence-corrected chi connectivity index (χ3v) is 8.31. The molecule has 8 nitrogen and oxygen atoms in total. The third-order valence-electron chi connectivity index (χ3n) is 7.14. The molecule has 2 aliphatic heterocycles. The normalized spacial score (nSPS) is 21.7. The molecule has 1 aromatic rings. The van der Waals surface area contributed by atoms with Crippen LogP contribution in [0.25, 0.3) is 0 Å². The van der Waals surface area contributed by atoms with E-state index in [-0.39, 0.29) is 24.3 Å². The number of piperazine rings is 1. The van der Waals surface area contributed by atoms with Crippen molar-refractivity contribution in [3.63, 3.8) is 0 Å². The molecule has 0 spiro atoms. The highest BCUT2D eigenvalue weighted by atomic mass is 32.1. The standard InChI is InChI=1S/C25H38N4O4S/c1-3-33-25(32)23-19-8-7-18(2)15-20(19)34-24(23)26-21(30)16-27-11-13-28(14-12-27)17-22(31)29-9-5-4-6-10-29/h18H,3-17H2,1-2H3,(H,26,30)/t18-/m0/s1. The van der Waals surface area contributed by atoms with Crippen molar-refractivity contribution in [1.29, 1.82) is 0 Å². The van der Waals surface area contributed by atoms with Crippen LogP contribution in [0.3, 0.4) is 0 Å². The molecule has 1 aliphatic carbocycles. The molecule has 34 heavy (non-hydrogen) atoms. The largest absolute Gasteiger partial charge is 0.462 e. The molecule has 1 aromatic heterocycles. The Hall–Kier alpha value is -1.97. The lowest BCUT2D eigenvalue weighted by Gasteiger charge is -2.35. The van der Waals surface area contributed by atoms with Gasteiger partial charge in [-0.3, -0.25) is 19.4 Å². The molecule has 9 heteroatoms. The van der Waals surface area contributed by atoms with Gasteiger partial charge in [0.05, 0.1) is 25.3 Å². The molecular weight excluding hydrogens is 452 g/mol. The topological polar surface area (TPSA) is 82.2 Å². The second-order valence-corrected chi connectivity index (χ2v) is 10.9. The summed E-state index contributed by atoms with van der Waals surface area (Å²) in [6, 6.07) is 0. The van der Waals surface area contributed by atoms with Crippen molar-refractivity contribution in [3.05, 3.63) is 16.0 Å². The average molecular weight is 491 g/mol. The maximum Gasteiger partial charge on any atom is 0.341 e. The molecule has 188 valence electrons. The van der Waals surface area contributed by atoms with Crippen LogP contribution in [-0.4, -0.2) is 91.4 Å². The number of likely N-dealkylation sites (tertiary alicyclic amines) is 1. The van der Waals surface area contributed by atoms with E-state index in [1.165, 1.54) is 22.6 Å². The Labute approximate surface area is 206 Å². The van der Waals surface area contributed by atoms with Crippen molar-refractivity contribution in [2.45, 2.75) is 52.4 Å². The Balaban J connectivity index is 1.29. The van der Waals surface area contributed by atoms with Gasteiger partial charge >= 0.3 is 5.97 Å². The number of anilines is 1. The minimum absolute atomic E-state index is 0.102. The van der Waals surface area contributed by atoms with Crippen LogP contribution in [0.1, 0.15) is 60.3 Å². The molecule has 0 aromatic carbocycles. The predicted octanol–water partition coefficient (Wildman–Crippen LogP) is 2.62. The zero-order valence-electron chi connectivity index (χ0n) is 20.6. The van der Waals surface area contributed by atoms with Gasteiger partial charge in [-0.1, -0.05) is 6.92 Å². The number of carbonyl (C=O) groups is 3. The van der Waals surface area contributed by atoms with Crippen LogP contribution in [0, 0.1) is 5.92 Å². The first-order valence-electron chi connectivity index (χ1n) is 12.8.